The van der Waals surface area contributed by atoms with Gasteiger partial charge < -0.3 is 5.73 Å². The number of nitrogens with two attached hydrogens (primary N) is 1. The highest BCUT2D eigenvalue weighted by molar-refractivity contribution is 5.29. The molecule has 4 aliphatic rings. The summed E-state index contributed by atoms with van der Waals surface area (Å²) in [6, 6.07) is 0. The van der Waals surface area contributed by atoms with Gasteiger partial charge in [0, 0.05) is 5.54 Å². The lowest BCUT2D eigenvalue weighted by Crippen LogP contribution is -2.51. The molecule has 78 valence electrons. The van der Waals surface area contributed by atoms with Crippen LogP contribution in [0.1, 0.15) is 52.4 Å². The van der Waals surface area contributed by atoms with Crippen LogP contribution in [0.2, 0.25) is 0 Å². The molecule has 0 aromatic rings. The molecule has 5 unspecified atom stereocenters. The van der Waals surface area contributed by atoms with Crippen LogP contribution in [0.25, 0.3) is 0 Å². The van der Waals surface area contributed by atoms with E-state index < -0.39 is 0 Å². The molecule has 4 saturated carbocycles. The summed E-state index contributed by atoms with van der Waals surface area (Å²) in [6.45, 7) is 5.05. The lowest BCUT2D eigenvalue weighted by atomic mass is 9.47. The van der Waals surface area contributed by atoms with Crippen molar-refractivity contribution >= 4 is 0 Å². The summed E-state index contributed by atoms with van der Waals surface area (Å²) in [5, 5.41) is 0. The van der Waals surface area contributed by atoms with Crippen molar-refractivity contribution in [2.45, 2.75) is 57.9 Å². The Hall–Kier alpha value is -0.0400. The molecule has 0 saturated heterocycles. The van der Waals surface area contributed by atoms with Gasteiger partial charge in [0.2, 0.25) is 0 Å². The van der Waals surface area contributed by atoms with Crippen molar-refractivity contribution in [2.75, 3.05) is 0 Å². The van der Waals surface area contributed by atoms with E-state index in [1.54, 1.807) is 0 Å². The molecule has 2 N–H and O–H groups in total. The van der Waals surface area contributed by atoms with Gasteiger partial charge in [-0.25, -0.2) is 0 Å². The largest absolute Gasteiger partial charge is 0.325 e. The summed E-state index contributed by atoms with van der Waals surface area (Å²) < 4.78 is 0. The summed E-state index contributed by atoms with van der Waals surface area (Å²) in [7, 11) is 0. The second-order valence-corrected chi connectivity index (χ2v) is 7.70. The van der Waals surface area contributed by atoms with Crippen molar-refractivity contribution in [3.63, 3.8) is 0 Å². The fourth-order valence-electron chi connectivity index (χ4n) is 6.66. The predicted molar refractivity (Wildman–Crippen MR) is 56.8 cm³/mol. The molecule has 14 heavy (non-hydrogen) atoms. The second-order valence-electron chi connectivity index (χ2n) is 7.70. The lowest BCUT2D eigenvalue weighted by Gasteiger charge is -2.57. The molecule has 4 aliphatic carbocycles. The van der Waals surface area contributed by atoms with E-state index in [1.807, 2.05) is 0 Å². The van der Waals surface area contributed by atoms with E-state index in [0.717, 1.165) is 5.92 Å². The number of fused-ring (bicyclic) bond motifs is 2. The Kier molecular flexibility index (Phi) is 0.994. The Morgan fingerprint density at radius 1 is 1.00 bits per heavy atom. The molecule has 0 aliphatic heterocycles. The first kappa shape index (κ1) is 8.15. The minimum Gasteiger partial charge on any atom is -0.325 e. The molecule has 5 atom stereocenters. The Morgan fingerprint density at radius 3 is 2.57 bits per heavy atom. The van der Waals surface area contributed by atoms with E-state index in [1.165, 1.54) is 38.5 Å². The van der Waals surface area contributed by atoms with Crippen LogP contribution in [-0.4, -0.2) is 5.54 Å². The third-order valence-electron chi connectivity index (χ3n) is 6.34. The van der Waals surface area contributed by atoms with Gasteiger partial charge >= 0.3 is 0 Å². The van der Waals surface area contributed by atoms with E-state index in [9.17, 15) is 0 Å². The van der Waals surface area contributed by atoms with Crippen molar-refractivity contribution in [3.05, 3.63) is 0 Å². The Bertz CT molecular complexity index is 330. The van der Waals surface area contributed by atoms with Crippen LogP contribution in [0.4, 0.5) is 0 Å². The fourth-order valence-corrected chi connectivity index (χ4v) is 6.66. The smallest absolute Gasteiger partial charge is 0.0168 e. The van der Waals surface area contributed by atoms with Gasteiger partial charge in [-0.05, 0) is 60.7 Å². The summed E-state index contributed by atoms with van der Waals surface area (Å²) in [4.78, 5) is 0. The molecule has 1 heteroatoms. The van der Waals surface area contributed by atoms with Gasteiger partial charge in [0.1, 0.15) is 0 Å². The van der Waals surface area contributed by atoms with E-state index in [4.69, 9.17) is 5.73 Å². The zero-order chi connectivity index (χ0) is 9.82. The minimum atomic E-state index is 0.242. The number of hydrogen-bond donors (Lipinski definition) is 1. The topological polar surface area (TPSA) is 26.0 Å². The average Bonchev–Trinajstić information content (AvgIpc) is 2.22. The minimum absolute atomic E-state index is 0.242. The van der Waals surface area contributed by atoms with Crippen LogP contribution in [0.15, 0.2) is 0 Å². The van der Waals surface area contributed by atoms with Crippen LogP contribution < -0.4 is 5.73 Å². The summed E-state index contributed by atoms with van der Waals surface area (Å²) in [6.07, 6.45) is 8.47. The zero-order valence-corrected chi connectivity index (χ0v) is 9.40. The van der Waals surface area contributed by atoms with Gasteiger partial charge in [-0.2, -0.15) is 0 Å². The molecule has 3 bridgehead atoms. The average molecular weight is 191 g/mol. The summed E-state index contributed by atoms with van der Waals surface area (Å²) in [5.74, 6) is 1.00. The van der Waals surface area contributed by atoms with Crippen LogP contribution in [-0.2, 0) is 0 Å². The SMILES string of the molecule is CC12CC3(N)CC4CC(C)(C1)C4(C2)C3. The Labute approximate surface area is 86.4 Å². The molecule has 0 radical (unpaired) electrons. The van der Waals surface area contributed by atoms with Crippen molar-refractivity contribution in [1.29, 1.82) is 0 Å². The van der Waals surface area contributed by atoms with Crippen molar-refractivity contribution in [1.82, 2.24) is 0 Å². The van der Waals surface area contributed by atoms with Crippen LogP contribution >= 0.6 is 0 Å². The van der Waals surface area contributed by atoms with Gasteiger partial charge in [0.15, 0.2) is 0 Å². The Balaban J connectivity index is 1.93. The standard InChI is InChI=1S/C13H21N/c1-10-5-11(2)3-9-4-12(14,6-10)8-13(9,11)7-10/h9H,3-8,14H2,1-2H3. The summed E-state index contributed by atoms with van der Waals surface area (Å²) >= 11 is 0. The number of rotatable bonds is 0. The normalized spacial score (nSPS) is 73.5. The third kappa shape index (κ3) is 0.599. The zero-order valence-electron chi connectivity index (χ0n) is 9.40. The molecule has 0 aromatic heterocycles. The molecule has 1 spiro atoms. The third-order valence-corrected chi connectivity index (χ3v) is 6.34. The quantitative estimate of drug-likeness (QED) is 0.626. The van der Waals surface area contributed by atoms with Gasteiger partial charge in [-0.15, -0.1) is 0 Å². The van der Waals surface area contributed by atoms with E-state index in [2.05, 4.69) is 13.8 Å². The van der Waals surface area contributed by atoms with Crippen molar-refractivity contribution in [3.8, 4) is 0 Å². The molecule has 0 heterocycles. The first-order valence-corrected chi connectivity index (χ1v) is 6.18. The van der Waals surface area contributed by atoms with Crippen LogP contribution in [0.5, 0.6) is 0 Å². The summed E-state index contributed by atoms with van der Waals surface area (Å²) in [5.41, 5.74) is 8.81. The first-order chi connectivity index (χ1) is 6.39. The Morgan fingerprint density at radius 2 is 1.79 bits per heavy atom. The molecular weight excluding hydrogens is 170 g/mol. The molecular formula is C13H21N. The molecule has 0 amide bonds. The lowest BCUT2D eigenvalue weighted by molar-refractivity contribution is -0.0858. The second kappa shape index (κ2) is 1.71. The molecule has 4 rings (SSSR count). The van der Waals surface area contributed by atoms with E-state index in [0.29, 0.717) is 16.2 Å². The maximum atomic E-state index is 6.58. The van der Waals surface area contributed by atoms with Crippen molar-refractivity contribution in [2.24, 2.45) is 27.9 Å². The fraction of sp³-hybridized carbons (Fsp3) is 1.00. The molecule has 0 aromatic carbocycles. The highest BCUT2D eigenvalue weighted by Gasteiger charge is 2.77. The highest BCUT2D eigenvalue weighted by Crippen LogP contribution is 2.84. The first-order valence-electron chi connectivity index (χ1n) is 6.18. The van der Waals surface area contributed by atoms with Gasteiger partial charge in [0.05, 0.1) is 0 Å². The maximum absolute atomic E-state index is 6.58. The maximum Gasteiger partial charge on any atom is 0.0168 e. The monoisotopic (exact) mass is 191 g/mol. The van der Waals surface area contributed by atoms with Crippen LogP contribution in [0, 0.1) is 22.2 Å². The van der Waals surface area contributed by atoms with Crippen LogP contribution in [0.3, 0.4) is 0 Å². The van der Waals surface area contributed by atoms with Gasteiger partial charge in [0.25, 0.3) is 0 Å². The van der Waals surface area contributed by atoms with Gasteiger partial charge in [-0.3, -0.25) is 0 Å². The number of hydrogen-bond acceptors (Lipinski definition) is 1. The van der Waals surface area contributed by atoms with Crippen molar-refractivity contribution < 1.29 is 0 Å². The highest BCUT2D eigenvalue weighted by atomic mass is 14.9. The van der Waals surface area contributed by atoms with E-state index in [-0.39, 0.29) is 5.54 Å². The van der Waals surface area contributed by atoms with E-state index >= 15 is 0 Å². The molecule has 1 nitrogen and oxygen atoms in total. The molecule has 4 fully saturated rings. The van der Waals surface area contributed by atoms with Gasteiger partial charge in [-0.1, -0.05) is 13.8 Å². The predicted octanol–water partition coefficient (Wildman–Crippen LogP) is 2.69.